The van der Waals surface area contributed by atoms with Gasteiger partial charge in [-0.3, -0.25) is 0 Å². The van der Waals surface area contributed by atoms with Gasteiger partial charge in [0.1, 0.15) is 5.60 Å². The van der Waals surface area contributed by atoms with Crippen molar-refractivity contribution in [2.75, 3.05) is 6.54 Å². The van der Waals surface area contributed by atoms with Crippen molar-refractivity contribution in [3.63, 3.8) is 0 Å². The lowest BCUT2D eigenvalue weighted by Crippen LogP contribution is -2.49. The Balaban J connectivity index is 4.09. The van der Waals surface area contributed by atoms with Gasteiger partial charge in [0.15, 0.2) is 0 Å². The van der Waals surface area contributed by atoms with Crippen LogP contribution < -0.4 is 11.1 Å². The maximum Gasteiger partial charge on any atom is 0.421 e. The molecular formula is C9H16F4N2O2. The molecule has 0 rings (SSSR count). The predicted octanol–water partition coefficient (Wildman–Crippen LogP) is 1.74. The quantitative estimate of drug-likeness (QED) is 0.760. The van der Waals surface area contributed by atoms with Gasteiger partial charge in [-0.05, 0) is 20.8 Å². The Bertz CT molecular complexity index is 263. The van der Waals surface area contributed by atoms with Gasteiger partial charge in [-0.2, -0.15) is 13.2 Å². The molecule has 0 aliphatic carbocycles. The summed E-state index contributed by atoms with van der Waals surface area (Å²) in [6.45, 7) is 4.09. The molecule has 2 unspecified atom stereocenters. The normalized spacial score (nSPS) is 16.2. The van der Waals surface area contributed by atoms with Gasteiger partial charge in [0.05, 0.1) is 6.04 Å². The molecule has 0 heterocycles. The topological polar surface area (TPSA) is 64.3 Å². The molecule has 2 atom stereocenters. The van der Waals surface area contributed by atoms with Gasteiger partial charge in [-0.1, -0.05) is 0 Å². The van der Waals surface area contributed by atoms with Gasteiger partial charge in [-0.15, -0.1) is 0 Å². The second-order valence-corrected chi connectivity index (χ2v) is 4.49. The number of amides is 1. The molecule has 0 aliphatic heterocycles. The first-order chi connectivity index (χ1) is 7.43. The Kier molecular flexibility index (Phi) is 5.18. The second kappa shape index (κ2) is 5.52. The number of rotatable bonds is 3. The lowest BCUT2D eigenvalue weighted by molar-refractivity contribution is -0.185. The van der Waals surface area contributed by atoms with Crippen LogP contribution in [-0.4, -0.2) is 36.6 Å². The standard InChI is InChI=1S/C9H16F4N2O2/c1-8(2,3)17-7(16)15-4-5(14)6(10)9(11,12)13/h5-6H,4,14H2,1-3H3,(H,15,16). The molecule has 0 aromatic carbocycles. The molecule has 0 spiro atoms. The summed E-state index contributed by atoms with van der Waals surface area (Å²) in [5.74, 6) is 0. The number of carbonyl (C=O) groups excluding carboxylic acids is 1. The minimum Gasteiger partial charge on any atom is -0.444 e. The van der Waals surface area contributed by atoms with Crippen LogP contribution in [0.5, 0.6) is 0 Å². The van der Waals surface area contributed by atoms with E-state index in [1.165, 1.54) is 0 Å². The van der Waals surface area contributed by atoms with Crippen LogP contribution in [0, 0.1) is 0 Å². The van der Waals surface area contributed by atoms with Crippen molar-refractivity contribution in [3.8, 4) is 0 Å². The largest absolute Gasteiger partial charge is 0.444 e. The van der Waals surface area contributed by atoms with E-state index in [2.05, 4.69) is 0 Å². The van der Waals surface area contributed by atoms with Crippen molar-refractivity contribution < 1.29 is 27.1 Å². The Labute approximate surface area is 96.5 Å². The number of nitrogens with one attached hydrogen (secondary N) is 1. The molecule has 0 radical (unpaired) electrons. The summed E-state index contributed by atoms with van der Waals surface area (Å²) in [6.07, 6.45) is -9.16. The van der Waals surface area contributed by atoms with Gasteiger partial charge in [0, 0.05) is 6.54 Å². The van der Waals surface area contributed by atoms with Crippen LogP contribution in [-0.2, 0) is 4.74 Å². The Morgan fingerprint density at radius 3 is 2.18 bits per heavy atom. The maximum absolute atomic E-state index is 12.6. The molecule has 0 aromatic rings. The van der Waals surface area contributed by atoms with Gasteiger partial charge >= 0.3 is 12.3 Å². The van der Waals surface area contributed by atoms with Gasteiger partial charge in [0.25, 0.3) is 0 Å². The second-order valence-electron chi connectivity index (χ2n) is 4.49. The van der Waals surface area contributed by atoms with E-state index in [0.29, 0.717) is 0 Å². The van der Waals surface area contributed by atoms with Gasteiger partial charge < -0.3 is 15.8 Å². The van der Waals surface area contributed by atoms with E-state index >= 15 is 0 Å². The summed E-state index contributed by atoms with van der Waals surface area (Å²) in [5, 5.41) is 1.97. The fourth-order valence-electron chi connectivity index (χ4n) is 0.862. The van der Waals surface area contributed by atoms with Crippen LogP contribution >= 0.6 is 0 Å². The van der Waals surface area contributed by atoms with E-state index in [1.807, 2.05) is 5.32 Å². The van der Waals surface area contributed by atoms with Crippen molar-refractivity contribution in [3.05, 3.63) is 0 Å². The van der Waals surface area contributed by atoms with Crippen LogP contribution in [0.3, 0.4) is 0 Å². The number of hydrogen-bond acceptors (Lipinski definition) is 3. The lowest BCUT2D eigenvalue weighted by Gasteiger charge is -2.22. The highest BCUT2D eigenvalue weighted by atomic mass is 19.4. The zero-order valence-electron chi connectivity index (χ0n) is 9.77. The first-order valence-electron chi connectivity index (χ1n) is 4.86. The molecule has 0 aliphatic rings. The predicted molar refractivity (Wildman–Crippen MR) is 53.2 cm³/mol. The van der Waals surface area contributed by atoms with E-state index in [-0.39, 0.29) is 0 Å². The van der Waals surface area contributed by atoms with Crippen molar-refractivity contribution in [1.82, 2.24) is 5.32 Å². The fourth-order valence-corrected chi connectivity index (χ4v) is 0.862. The van der Waals surface area contributed by atoms with Crippen LogP contribution in [0.25, 0.3) is 0 Å². The summed E-state index contributed by atoms with van der Waals surface area (Å²) >= 11 is 0. The lowest BCUT2D eigenvalue weighted by atomic mass is 10.2. The monoisotopic (exact) mass is 260 g/mol. The summed E-state index contributed by atoms with van der Waals surface area (Å²) in [7, 11) is 0. The number of carbonyl (C=O) groups is 1. The molecule has 8 heteroatoms. The van der Waals surface area contributed by atoms with E-state index in [9.17, 15) is 22.4 Å². The van der Waals surface area contributed by atoms with Crippen molar-refractivity contribution in [2.45, 2.75) is 44.8 Å². The molecule has 102 valence electrons. The molecule has 17 heavy (non-hydrogen) atoms. The number of alkyl carbamates (subject to hydrolysis) is 1. The number of hydrogen-bond donors (Lipinski definition) is 2. The summed E-state index contributed by atoms with van der Waals surface area (Å²) < 4.78 is 53.1. The third kappa shape index (κ3) is 6.98. The molecule has 0 aromatic heterocycles. The number of halogens is 4. The van der Waals surface area contributed by atoms with Crippen molar-refractivity contribution in [2.24, 2.45) is 5.73 Å². The minimum atomic E-state index is -5.03. The minimum absolute atomic E-state index is 0.657. The summed E-state index contributed by atoms with van der Waals surface area (Å²) in [4.78, 5) is 11.0. The zero-order valence-corrected chi connectivity index (χ0v) is 9.77. The van der Waals surface area contributed by atoms with Gasteiger partial charge in [0.2, 0.25) is 6.17 Å². The van der Waals surface area contributed by atoms with Crippen LogP contribution in [0.2, 0.25) is 0 Å². The smallest absolute Gasteiger partial charge is 0.421 e. The first-order valence-corrected chi connectivity index (χ1v) is 4.86. The fraction of sp³-hybridized carbons (Fsp3) is 0.889. The van der Waals surface area contributed by atoms with E-state index in [1.54, 1.807) is 20.8 Å². The molecule has 0 saturated heterocycles. The first kappa shape index (κ1) is 16.0. The molecule has 4 nitrogen and oxygen atoms in total. The van der Waals surface area contributed by atoms with Crippen molar-refractivity contribution >= 4 is 6.09 Å². The number of nitrogens with two attached hydrogens (primary N) is 1. The molecule has 0 saturated carbocycles. The molecule has 0 bridgehead atoms. The molecule has 0 fully saturated rings. The highest BCUT2D eigenvalue weighted by Crippen LogP contribution is 2.24. The highest BCUT2D eigenvalue weighted by molar-refractivity contribution is 5.67. The average molecular weight is 260 g/mol. The number of ether oxygens (including phenoxy) is 1. The molecular weight excluding hydrogens is 244 g/mol. The summed E-state index contributed by atoms with van der Waals surface area (Å²) in [5.41, 5.74) is 4.17. The van der Waals surface area contributed by atoms with E-state index in [0.717, 1.165) is 0 Å². The van der Waals surface area contributed by atoms with Crippen LogP contribution in [0.15, 0.2) is 0 Å². The number of alkyl halides is 4. The molecule has 1 amide bonds. The average Bonchev–Trinajstić information content (AvgIpc) is 2.08. The maximum atomic E-state index is 12.6. The SMILES string of the molecule is CC(C)(C)OC(=O)NCC(N)C(F)C(F)(F)F. The third-order valence-electron chi connectivity index (χ3n) is 1.57. The zero-order chi connectivity index (χ0) is 13.9. The summed E-state index contributed by atoms with van der Waals surface area (Å²) in [6, 6.07) is -1.86. The Hall–Kier alpha value is -1.05. The molecule has 3 N–H and O–H groups in total. The van der Waals surface area contributed by atoms with Crippen LogP contribution in [0.4, 0.5) is 22.4 Å². The van der Waals surface area contributed by atoms with Gasteiger partial charge in [-0.25, -0.2) is 9.18 Å². The van der Waals surface area contributed by atoms with E-state index < -0.39 is 36.6 Å². The van der Waals surface area contributed by atoms with E-state index in [4.69, 9.17) is 10.5 Å². The highest BCUT2D eigenvalue weighted by Gasteiger charge is 2.44. The van der Waals surface area contributed by atoms with Crippen molar-refractivity contribution in [1.29, 1.82) is 0 Å². The van der Waals surface area contributed by atoms with Crippen LogP contribution in [0.1, 0.15) is 20.8 Å². The third-order valence-corrected chi connectivity index (χ3v) is 1.57. The Morgan fingerprint density at radius 2 is 1.82 bits per heavy atom. The Morgan fingerprint density at radius 1 is 1.35 bits per heavy atom.